The molecule has 0 atom stereocenters. The molecule has 5 nitrogen and oxygen atoms in total. The summed E-state index contributed by atoms with van der Waals surface area (Å²) in [4.78, 5) is 14.2. The van der Waals surface area contributed by atoms with Gasteiger partial charge in [-0.25, -0.2) is 0 Å². The summed E-state index contributed by atoms with van der Waals surface area (Å²) >= 11 is 18.0. The molecule has 0 saturated carbocycles. The molecule has 130 valence electrons. The van der Waals surface area contributed by atoms with Crippen molar-refractivity contribution < 1.29 is 14.6 Å². The zero-order chi connectivity index (χ0) is 17.4. The average Bonchev–Trinajstić information content (AvgIpc) is 2.45. The number of benzene rings is 1. The third kappa shape index (κ3) is 7.25. The molecule has 1 aromatic carbocycles. The van der Waals surface area contributed by atoms with Crippen LogP contribution in [-0.4, -0.2) is 54.9 Å². The molecule has 23 heavy (non-hydrogen) atoms. The van der Waals surface area contributed by atoms with Crippen molar-refractivity contribution in [3.63, 3.8) is 0 Å². The number of halogens is 3. The Hall–Kier alpha value is -0.560. The Morgan fingerprint density at radius 1 is 1.26 bits per heavy atom. The van der Waals surface area contributed by atoms with Gasteiger partial charge in [0.15, 0.2) is 0 Å². The van der Waals surface area contributed by atoms with Gasteiger partial charge in [0.2, 0.25) is 5.91 Å². The van der Waals surface area contributed by atoms with Crippen LogP contribution in [0.3, 0.4) is 0 Å². The van der Waals surface area contributed by atoms with E-state index in [1.165, 1.54) is 12.1 Å². The summed E-state index contributed by atoms with van der Waals surface area (Å²) in [6.45, 7) is 5.43. The molecule has 0 bridgehead atoms. The van der Waals surface area contributed by atoms with Gasteiger partial charge in [-0.05, 0) is 26.0 Å². The Morgan fingerprint density at radius 2 is 1.87 bits per heavy atom. The number of aliphatic hydroxyl groups excluding tert-OH is 1. The third-order valence-electron chi connectivity index (χ3n) is 3.11. The van der Waals surface area contributed by atoms with E-state index in [9.17, 15) is 4.79 Å². The number of nitrogens with zero attached hydrogens (tertiary/aromatic N) is 1. The molecule has 0 aliphatic heterocycles. The van der Waals surface area contributed by atoms with Gasteiger partial charge < -0.3 is 15.2 Å². The molecule has 0 saturated heterocycles. The number of amides is 1. The maximum Gasteiger partial charge on any atom is 0.238 e. The summed E-state index contributed by atoms with van der Waals surface area (Å²) in [5.41, 5.74) is 0.350. The van der Waals surface area contributed by atoms with E-state index in [-0.39, 0.29) is 31.7 Å². The number of carbonyl (C=O) groups excluding carboxylic acids is 1. The lowest BCUT2D eigenvalue weighted by Crippen LogP contribution is -2.40. The van der Waals surface area contributed by atoms with Crippen molar-refractivity contribution >= 4 is 46.4 Å². The summed E-state index contributed by atoms with van der Waals surface area (Å²) in [6, 6.07) is 3.20. The van der Waals surface area contributed by atoms with E-state index < -0.39 is 0 Å². The van der Waals surface area contributed by atoms with Crippen molar-refractivity contribution in [1.82, 2.24) is 4.90 Å². The molecule has 1 aromatic rings. The Balaban J connectivity index is 2.62. The molecule has 0 aliphatic rings. The number of carbonyl (C=O) groups is 1. The first kappa shape index (κ1) is 20.5. The highest BCUT2D eigenvalue weighted by Crippen LogP contribution is 2.33. The van der Waals surface area contributed by atoms with Crippen molar-refractivity contribution in [1.29, 1.82) is 0 Å². The van der Waals surface area contributed by atoms with Crippen LogP contribution in [0.1, 0.15) is 13.8 Å². The molecule has 0 aromatic heterocycles. The monoisotopic (exact) mass is 382 g/mol. The first-order chi connectivity index (χ1) is 10.8. The lowest BCUT2D eigenvalue weighted by atomic mass is 10.3. The number of nitrogens with one attached hydrogen (secondary N) is 1. The SMILES string of the molecule is CC(C)N(CCOCCO)CC(=O)Nc1c(Cl)cc(Cl)cc1Cl. The molecule has 0 aliphatic carbocycles. The van der Waals surface area contributed by atoms with Gasteiger partial charge >= 0.3 is 0 Å². The Bertz CT molecular complexity index is 504. The van der Waals surface area contributed by atoms with E-state index >= 15 is 0 Å². The highest BCUT2D eigenvalue weighted by molar-refractivity contribution is 6.42. The maximum absolute atomic E-state index is 12.2. The summed E-state index contributed by atoms with van der Waals surface area (Å²) < 4.78 is 5.23. The fourth-order valence-corrected chi connectivity index (χ4v) is 2.80. The Kier molecular flexibility index (Phi) is 9.20. The van der Waals surface area contributed by atoms with Crippen molar-refractivity contribution in [2.45, 2.75) is 19.9 Å². The minimum Gasteiger partial charge on any atom is -0.394 e. The largest absolute Gasteiger partial charge is 0.394 e. The second-order valence-corrected chi connectivity index (χ2v) is 6.44. The van der Waals surface area contributed by atoms with E-state index in [2.05, 4.69) is 5.32 Å². The van der Waals surface area contributed by atoms with Crippen molar-refractivity contribution in [2.24, 2.45) is 0 Å². The molecule has 0 heterocycles. The van der Waals surface area contributed by atoms with Gasteiger partial charge in [0, 0.05) is 17.6 Å². The average molecular weight is 384 g/mol. The second kappa shape index (κ2) is 10.3. The molecular weight excluding hydrogens is 363 g/mol. The minimum absolute atomic E-state index is 0.0181. The van der Waals surface area contributed by atoms with Crippen LogP contribution in [0.25, 0.3) is 0 Å². The van der Waals surface area contributed by atoms with Gasteiger partial charge in [-0.1, -0.05) is 34.8 Å². The molecule has 0 unspecified atom stereocenters. The first-order valence-electron chi connectivity index (χ1n) is 7.22. The van der Waals surface area contributed by atoms with E-state index in [1.807, 2.05) is 18.7 Å². The van der Waals surface area contributed by atoms with Gasteiger partial charge in [-0.3, -0.25) is 9.69 Å². The molecule has 1 amide bonds. The summed E-state index contributed by atoms with van der Waals surface area (Å²) in [5.74, 6) is -0.230. The second-order valence-electron chi connectivity index (χ2n) is 5.19. The van der Waals surface area contributed by atoms with Crippen molar-refractivity contribution in [3.05, 3.63) is 27.2 Å². The predicted octanol–water partition coefficient (Wildman–Crippen LogP) is 3.30. The lowest BCUT2D eigenvalue weighted by molar-refractivity contribution is -0.118. The number of rotatable bonds is 9. The number of anilines is 1. The van der Waals surface area contributed by atoms with E-state index in [0.29, 0.717) is 33.9 Å². The molecule has 1 rings (SSSR count). The molecule has 2 N–H and O–H groups in total. The predicted molar refractivity (Wildman–Crippen MR) is 94.7 cm³/mol. The van der Waals surface area contributed by atoms with Crippen LogP contribution in [0.2, 0.25) is 15.1 Å². The summed E-state index contributed by atoms with van der Waals surface area (Å²) in [5, 5.41) is 12.4. The van der Waals surface area contributed by atoms with Gasteiger partial charge in [-0.2, -0.15) is 0 Å². The highest BCUT2D eigenvalue weighted by Gasteiger charge is 2.16. The maximum atomic E-state index is 12.2. The van der Waals surface area contributed by atoms with Crippen LogP contribution in [0.15, 0.2) is 12.1 Å². The van der Waals surface area contributed by atoms with Crippen LogP contribution < -0.4 is 5.32 Å². The normalized spacial score (nSPS) is 11.3. The zero-order valence-corrected chi connectivity index (χ0v) is 15.4. The van der Waals surface area contributed by atoms with Crippen LogP contribution in [0, 0.1) is 0 Å². The fourth-order valence-electron chi connectivity index (χ4n) is 1.89. The highest BCUT2D eigenvalue weighted by atomic mass is 35.5. The number of hydrogen-bond acceptors (Lipinski definition) is 4. The molecule has 0 fully saturated rings. The molecular formula is C15H21Cl3N2O3. The molecule has 8 heteroatoms. The summed E-state index contributed by atoms with van der Waals surface area (Å²) in [6.07, 6.45) is 0. The summed E-state index contributed by atoms with van der Waals surface area (Å²) in [7, 11) is 0. The zero-order valence-electron chi connectivity index (χ0n) is 13.1. The van der Waals surface area contributed by atoms with E-state index in [0.717, 1.165) is 0 Å². The van der Waals surface area contributed by atoms with Gasteiger partial charge in [0.1, 0.15) is 0 Å². The van der Waals surface area contributed by atoms with E-state index in [4.69, 9.17) is 44.6 Å². The smallest absolute Gasteiger partial charge is 0.238 e. The number of hydrogen-bond donors (Lipinski definition) is 2. The van der Waals surface area contributed by atoms with Gasteiger partial charge in [0.05, 0.1) is 42.1 Å². The first-order valence-corrected chi connectivity index (χ1v) is 8.35. The topological polar surface area (TPSA) is 61.8 Å². The number of ether oxygens (including phenoxy) is 1. The van der Waals surface area contributed by atoms with Crippen molar-refractivity contribution in [3.8, 4) is 0 Å². The van der Waals surface area contributed by atoms with Crippen LogP contribution >= 0.6 is 34.8 Å². The van der Waals surface area contributed by atoms with Crippen LogP contribution in [-0.2, 0) is 9.53 Å². The fraction of sp³-hybridized carbons (Fsp3) is 0.533. The van der Waals surface area contributed by atoms with Gasteiger partial charge in [0.25, 0.3) is 0 Å². The quantitative estimate of drug-likeness (QED) is 0.642. The van der Waals surface area contributed by atoms with Gasteiger partial charge in [-0.15, -0.1) is 0 Å². The molecule has 0 spiro atoms. The Morgan fingerprint density at radius 3 is 2.39 bits per heavy atom. The lowest BCUT2D eigenvalue weighted by Gasteiger charge is -2.25. The standard InChI is InChI=1S/C15H21Cl3N2O3/c1-10(2)20(3-5-23-6-4-21)9-14(22)19-15-12(17)7-11(16)8-13(15)18/h7-8,10,21H,3-6,9H2,1-2H3,(H,19,22). The van der Waals surface area contributed by atoms with Crippen molar-refractivity contribution in [2.75, 3.05) is 38.2 Å². The molecule has 0 radical (unpaired) electrons. The van der Waals surface area contributed by atoms with Crippen LogP contribution in [0.5, 0.6) is 0 Å². The van der Waals surface area contributed by atoms with Crippen LogP contribution in [0.4, 0.5) is 5.69 Å². The third-order valence-corrected chi connectivity index (χ3v) is 3.92. The van der Waals surface area contributed by atoms with E-state index in [1.54, 1.807) is 0 Å². The number of aliphatic hydroxyl groups is 1. The minimum atomic E-state index is -0.230. The Labute approximate surface area is 151 Å².